The minimum Gasteiger partial charge on any atom is -0.385 e. The molecule has 3 rings (SSSR count). The summed E-state index contributed by atoms with van der Waals surface area (Å²) in [6.45, 7) is 2.08. The number of imidazole rings is 1. The molecule has 2 heterocycles. The van der Waals surface area contributed by atoms with Gasteiger partial charge in [-0.3, -0.25) is 0 Å². The quantitative estimate of drug-likeness (QED) is 0.775. The molecule has 6 heteroatoms. The number of hydrogen-bond donors (Lipinski definition) is 1. The first-order valence-electron chi connectivity index (χ1n) is 6.77. The summed E-state index contributed by atoms with van der Waals surface area (Å²) in [7, 11) is 0. The van der Waals surface area contributed by atoms with E-state index in [1.54, 1.807) is 23.9 Å². The molecule has 1 atom stereocenters. The summed E-state index contributed by atoms with van der Waals surface area (Å²) in [4.78, 5) is 8.48. The monoisotopic (exact) mass is 284 g/mol. The third kappa shape index (κ3) is 3.17. The molecular weight excluding hydrogens is 268 g/mol. The highest BCUT2D eigenvalue weighted by atomic mass is 16.5. The van der Waals surface area contributed by atoms with E-state index >= 15 is 0 Å². The van der Waals surface area contributed by atoms with Gasteiger partial charge in [0.25, 0.3) is 0 Å². The minimum absolute atomic E-state index is 0.405. The fraction of sp³-hybridized carbons (Fsp3) is 0.267. The summed E-state index contributed by atoms with van der Waals surface area (Å²) in [5.74, 6) is 1.73. The van der Waals surface area contributed by atoms with Gasteiger partial charge in [0, 0.05) is 18.8 Å². The molecule has 0 spiro atoms. The summed E-state index contributed by atoms with van der Waals surface area (Å²) >= 11 is 0. The van der Waals surface area contributed by atoms with Crippen molar-refractivity contribution in [3.63, 3.8) is 0 Å². The first-order chi connectivity index (χ1) is 10.2. The Morgan fingerprint density at radius 2 is 2.10 bits per heavy atom. The van der Waals surface area contributed by atoms with Crippen LogP contribution < -0.4 is 0 Å². The molecule has 0 saturated heterocycles. The van der Waals surface area contributed by atoms with Crippen LogP contribution in [0.15, 0.2) is 47.2 Å². The van der Waals surface area contributed by atoms with E-state index in [4.69, 9.17) is 4.52 Å². The Hall–Kier alpha value is -2.47. The van der Waals surface area contributed by atoms with Crippen LogP contribution >= 0.6 is 0 Å². The summed E-state index contributed by atoms with van der Waals surface area (Å²) in [6.07, 6.45) is 3.43. The Bertz CT molecular complexity index is 703. The van der Waals surface area contributed by atoms with E-state index in [-0.39, 0.29) is 0 Å². The molecular formula is C15H16N4O2. The van der Waals surface area contributed by atoms with Crippen molar-refractivity contribution in [2.45, 2.75) is 26.0 Å². The molecule has 108 valence electrons. The van der Waals surface area contributed by atoms with Gasteiger partial charge in [-0.1, -0.05) is 35.5 Å². The summed E-state index contributed by atoms with van der Waals surface area (Å²) in [5, 5.41) is 13.6. The van der Waals surface area contributed by atoms with E-state index in [0.29, 0.717) is 30.5 Å². The maximum absolute atomic E-state index is 9.62. The zero-order valence-electron chi connectivity index (χ0n) is 11.7. The summed E-state index contributed by atoms with van der Waals surface area (Å²) in [5.41, 5.74) is 1.14. The van der Waals surface area contributed by atoms with E-state index in [9.17, 15) is 5.11 Å². The van der Waals surface area contributed by atoms with Gasteiger partial charge in [-0.15, -0.1) is 0 Å². The lowest BCUT2D eigenvalue weighted by molar-refractivity contribution is 0.183. The molecule has 0 bridgehead atoms. The Morgan fingerprint density at radius 3 is 2.86 bits per heavy atom. The molecule has 0 fully saturated rings. The minimum atomic E-state index is -0.633. The third-order valence-corrected chi connectivity index (χ3v) is 3.14. The number of hydrogen-bond acceptors (Lipinski definition) is 5. The zero-order valence-corrected chi connectivity index (χ0v) is 11.7. The second-order valence-electron chi connectivity index (χ2n) is 4.86. The van der Waals surface area contributed by atoms with Crippen LogP contribution in [-0.2, 0) is 13.0 Å². The molecule has 1 N–H and O–H groups in total. The van der Waals surface area contributed by atoms with Gasteiger partial charge < -0.3 is 14.2 Å². The van der Waals surface area contributed by atoms with Crippen LogP contribution in [0.4, 0.5) is 0 Å². The van der Waals surface area contributed by atoms with Crippen molar-refractivity contribution in [2.75, 3.05) is 0 Å². The van der Waals surface area contributed by atoms with E-state index in [0.717, 1.165) is 5.56 Å². The molecule has 0 aliphatic heterocycles. The van der Waals surface area contributed by atoms with Crippen molar-refractivity contribution < 1.29 is 9.63 Å². The van der Waals surface area contributed by atoms with Crippen molar-refractivity contribution in [3.8, 4) is 0 Å². The summed E-state index contributed by atoms with van der Waals surface area (Å²) < 4.78 is 7.05. The van der Waals surface area contributed by atoms with Crippen molar-refractivity contribution in [1.29, 1.82) is 0 Å². The molecule has 3 aromatic rings. The molecule has 1 unspecified atom stereocenters. The molecule has 1 aromatic carbocycles. The van der Waals surface area contributed by atoms with E-state index < -0.39 is 6.10 Å². The van der Waals surface area contributed by atoms with Gasteiger partial charge in [-0.25, -0.2) is 4.98 Å². The van der Waals surface area contributed by atoms with Gasteiger partial charge in [0.05, 0.1) is 0 Å². The van der Waals surface area contributed by atoms with Gasteiger partial charge >= 0.3 is 0 Å². The lowest BCUT2D eigenvalue weighted by atomic mass is 10.1. The van der Waals surface area contributed by atoms with Crippen LogP contribution in [0.5, 0.6) is 0 Å². The van der Waals surface area contributed by atoms with Crippen LogP contribution in [0, 0.1) is 0 Å². The van der Waals surface area contributed by atoms with E-state index in [1.165, 1.54) is 0 Å². The van der Waals surface area contributed by atoms with Crippen molar-refractivity contribution in [2.24, 2.45) is 0 Å². The lowest BCUT2D eigenvalue weighted by Crippen LogP contribution is -2.07. The second kappa shape index (κ2) is 5.88. The van der Waals surface area contributed by atoms with Crippen molar-refractivity contribution in [3.05, 3.63) is 65.8 Å². The lowest BCUT2D eigenvalue weighted by Gasteiger charge is -2.06. The Kier molecular flexibility index (Phi) is 3.79. The van der Waals surface area contributed by atoms with Crippen LogP contribution in [0.1, 0.15) is 36.1 Å². The highest BCUT2D eigenvalue weighted by Crippen LogP contribution is 2.12. The normalized spacial score (nSPS) is 12.5. The smallest absolute Gasteiger partial charge is 0.246 e. The van der Waals surface area contributed by atoms with Gasteiger partial charge in [-0.05, 0) is 12.5 Å². The Labute approximate surface area is 122 Å². The maximum Gasteiger partial charge on any atom is 0.246 e. The maximum atomic E-state index is 9.62. The Balaban J connectivity index is 1.72. The van der Waals surface area contributed by atoms with Crippen molar-refractivity contribution in [1.82, 2.24) is 19.7 Å². The average Bonchev–Trinajstić information content (AvgIpc) is 3.10. The average molecular weight is 284 g/mol. The number of rotatable bonds is 5. The SMILES string of the molecule is CC(O)c1nccn1Cc1nc(Cc2ccccc2)no1. The predicted octanol–water partition coefficient (Wildman–Crippen LogP) is 1.96. The van der Waals surface area contributed by atoms with Crippen LogP contribution in [0.3, 0.4) is 0 Å². The molecule has 0 saturated carbocycles. The number of benzene rings is 1. The number of aliphatic hydroxyl groups excluding tert-OH is 1. The third-order valence-electron chi connectivity index (χ3n) is 3.14. The topological polar surface area (TPSA) is 77.0 Å². The first kappa shape index (κ1) is 13.5. The van der Waals surface area contributed by atoms with Crippen LogP contribution in [0.2, 0.25) is 0 Å². The number of aromatic nitrogens is 4. The Morgan fingerprint density at radius 1 is 1.29 bits per heavy atom. The van der Waals surface area contributed by atoms with Gasteiger partial charge in [-0.2, -0.15) is 4.98 Å². The van der Waals surface area contributed by atoms with Crippen LogP contribution in [0.25, 0.3) is 0 Å². The largest absolute Gasteiger partial charge is 0.385 e. The standard InChI is InChI=1S/C15H16N4O2/c1-11(20)15-16-7-8-19(15)10-14-17-13(18-21-14)9-12-5-3-2-4-6-12/h2-8,11,20H,9-10H2,1H3. The highest BCUT2D eigenvalue weighted by Gasteiger charge is 2.12. The molecule has 21 heavy (non-hydrogen) atoms. The fourth-order valence-corrected chi connectivity index (χ4v) is 2.17. The van der Waals surface area contributed by atoms with Gasteiger partial charge in [0.15, 0.2) is 5.82 Å². The molecule has 0 amide bonds. The first-order valence-corrected chi connectivity index (χ1v) is 6.77. The second-order valence-corrected chi connectivity index (χ2v) is 4.86. The number of nitrogens with zero attached hydrogens (tertiary/aromatic N) is 4. The fourth-order valence-electron chi connectivity index (χ4n) is 2.17. The molecule has 0 aliphatic rings. The van der Waals surface area contributed by atoms with Gasteiger partial charge in [0.1, 0.15) is 18.5 Å². The molecule has 6 nitrogen and oxygen atoms in total. The van der Waals surface area contributed by atoms with Crippen LogP contribution in [-0.4, -0.2) is 24.8 Å². The highest BCUT2D eigenvalue weighted by molar-refractivity contribution is 5.18. The summed E-state index contributed by atoms with van der Waals surface area (Å²) in [6, 6.07) is 9.99. The van der Waals surface area contributed by atoms with E-state index in [2.05, 4.69) is 15.1 Å². The zero-order chi connectivity index (χ0) is 14.7. The molecule has 2 aromatic heterocycles. The van der Waals surface area contributed by atoms with Crippen molar-refractivity contribution >= 4 is 0 Å². The predicted molar refractivity (Wildman–Crippen MR) is 75.5 cm³/mol. The molecule has 0 aliphatic carbocycles. The van der Waals surface area contributed by atoms with Gasteiger partial charge in [0.2, 0.25) is 5.89 Å². The van der Waals surface area contributed by atoms with E-state index in [1.807, 2.05) is 30.3 Å². The molecule has 0 radical (unpaired) electrons. The number of aliphatic hydroxyl groups is 1.